The van der Waals surface area contributed by atoms with E-state index in [1.807, 2.05) is 164 Å². The van der Waals surface area contributed by atoms with E-state index in [2.05, 4.69) is 30.3 Å². The Bertz CT molecular complexity index is 2630. The van der Waals surface area contributed by atoms with Gasteiger partial charge < -0.3 is 52.1 Å². The van der Waals surface area contributed by atoms with E-state index in [1.165, 1.54) is 0 Å². The Morgan fingerprint density at radius 2 is 0.871 bits per heavy atom. The predicted octanol–water partition coefficient (Wildman–Crippen LogP) is 10.3. The molecule has 3 heterocycles. The molecule has 70 heavy (non-hydrogen) atoms. The second kappa shape index (κ2) is 24.0. The van der Waals surface area contributed by atoms with Crippen molar-refractivity contribution in [3.63, 3.8) is 0 Å². The van der Waals surface area contributed by atoms with E-state index in [4.69, 9.17) is 52.1 Å². The molecule has 7 aromatic carbocycles. The van der Waals surface area contributed by atoms with Crippen molar-refractivity contribution < 1.29 is 52.1 Å². The summed E-state index contributed by atoms with van der Waals surface area (Å²) < 4.78 is 74.5. The van der Waals surface area contributed by atoms with Gasteiger partial charge in [-0.2, -0.15) is 0 Å². The van der Waals surface area contributed by atoms with Crippen LogP contribution < -0.4 is 0 Å². The maximum Gasteiger partial charge on any atom is 0.187 e. The highest BCUT2D eigenvalue weighted by Crippen LogP contribution is 2.39. The largest absolute Gasteiger partial charge is 0.368 e. The summed E-state index contributed by atoms with van der Waals surface area (Å²) in [5.74, 6) is 0. The number of fused-ring (bicyclic) bond motifs is 2. The first kappa shape index (κ1) is 48.0. The van der Waals surface area contributed by atoms with Crippen molar-refractivity contribution in [3.05, 3.63) is 228 Å². The third kappa shape index (κ3) is 12.1. The van der Waals surface area contributed by atoms with Crippen LogP contribution in [0, 0.1) is 0 Å². The Balaban J connectivity index is 0.967. The van der Waals surface area contributed by atoms with Crippen LogP contribution in [-0.4, -0.2) is 81.7 Å². The van der Waals surface area contributed by atoms with E-state index in [-0.39, 0.29) is 26.4 Å². The maximum atomic E-state index is 7.00. The van der Waals surface area contributed by atoms with Gasteiger partial charge in [-0.3, -0.25) is 0 Å². The molecule has 3 fully saturated rings. The van der Waals surface area contributed by atoms with Gasteiger partial charge in [0.2, 0.25) is 0 Å². The van der Waals surface area contributed by atoms with Crippen LogP contribution in [0.25, 0.3) is 10.8 Å². The van der Waals surface area contributed by atoms with E-state index in [9.17, 15) is 0 Å². The van der Waals surface area contributed by atoms with Crippen molar-refractivity contribution in [3.8, 4) is 0 Å². The van der Waals surface area contributed by atoms with Gasteiger partial charge in [0.15, 0.2) is 18.9 Å². The third-order valence-corrected chi connectivity index (χ3v) is 13.0. The van der Waals surface area contributed by atoms with Crippen molar-refractivity contribution in [1.82, 2.24) is 0 Å². The van der Waals surface area contributed by atoms with Gasteiger partial charge in [-0.1, -0.05) is 188 Å². The molecule has 0 bridgehead atoms. The minimum atomic E-state index is -0.960. The number of hydrogen-bond donors (Lipinski definition) is 0. The molecule has 362 valence electrons. The number of ether oxygens (including phenoxy) is 11. The summed E-state index contributed by atoms with van der Waals surface area (Å²) in [6, 6.07) is 64.8. The smallest absolute Gasteiger partial charge is 0.187 e. The molecule has 0 spiro atoms. The molecule has 3 saturated heterocycles. The van der Waals surface area contributed by atoms with E-state index in [1.54, 1.807) is 7.11 Å². The Hall–Kier alpha value is -5.64. The van der Waals surface area contributed by atoms with E-state index in [0.717, 1.165) is 44.2 Å². The molecule has 0 unspecified atom stereocenters. The zero-order chi connectivity index (χ0) is 47.3. The lowest BCUT2D eigenvalue weighted by molar-refractivity contribution is -0.379. The lowest BCUT2D eigenvalue weighted by Gasteiger charge is -2.49. The average molecular weight is 945 g/mol. The van der Waals surface area contributed by atoms with Gasteiger partial charge >= 0.3 is 0 Å². The van der Waals surface area contributed by atoms with Crippen molar-refractivity contribution in [1.29, 1.82) is 0 Å². The summed E-state index contributed by atoms with van der Waals surface area (Å²) in [6.45, 7) is 1.69. The van der Waals surface area contributed by atoms with E-state index >= 15 is 0 Å². The third-order valence-electron chi connectivity index (χ3n) is 13.0. The minimum Gasteiger partial charge on any atom is -0.368 e. The molecule has 0 amide bonds. The zero-order valence-corrected chi connectivity index (χ0v) is 39.3. The Morgan fingerprint density at radius 3 is 1.44 bits per heavy atom. The molecule has 7 aromatic rings. The van der Waals surface area contributed by atoms with Gasteiger partial charge in [-0.25, -0.2) is 0 Å². The quantitative estimate of drug-likeness (QED) is 0.0730. The lowest BCUT2D eigenvalue weighted by atomic mass is 9.96. The molecule has 0 radical (unpaired) electrons. The summed E-state index contributed by atoms with van der Waals surface area (Å²) in [7, 11) is 1.61. The van der Waals surface area contributed by atoms with Gasteiger partial charge in [0.25, 0.3) is 0 Å². The summed E-state index contributed by atoms with van der Waals surface area (Å²) in [4.78, 5) is 0. The molecule has 10 rings (SSSR count). The highest BCUT2D eigenvalue weighted by molar-refractivity contribution is 5.82. The average Bonchev–Trinajstić information content (AvgIpc) is 3.43. The van der Waals surface area contributed by atoms with Crippen LogP contribution in [0.5, 0.6) is 0 Å². The minimum absolute atomic E-state index is 0.00751. The van der Waals surface area contributed by atoms with Gasteiger partial charge in [0, 0.05) is 12.7 Å². The van der Waals surface area contributed by atoms with Crippen molar-refractivity contribution in [2.24, 2.45) is 0 Å². The molecule has 3 aliphatic rings. The molecular formula is C59H60O11. The summed E-state index contributed by atoms with van der Waals surface area (Å²) in [5.41, 5.74) is 5.89. The number of rotatable bonds is 20. The second-order valence-corrected chi connectivity index (χ2v) is 17.8. The van der Waals surface area contributed by atoms with Crippen LogP contribution >= 0.6 is 0 Å². The SMILES string of the molecule is CO[C@H]1O[C@H](CO[C@H]2O[C@@H]3CO[C@@H](c4ccccc4)O[C@H]3[C@H](OCc3ccccc3)[C@H]2OCc2ccc3ccccc3c2)[C@@H](OCc2ccccc2)[C@H](OCc2ccccc2)[C@H]1OCc1ccccc1. The van der Waals surface area contributed by atoms with E-state index < -0.39 is 67.7 Å². The van der Waals surface area contributed by atoms with Crippen LogP contribution in [0.4, 0.5) is 0 Å². The summed E-state index contributed by atoms with van der Waals surface area (Å²) in [5, 5.41) is 2.26. The highest BCUT2D eigenvalue weighted by Gasteiger charge is 2.54. The fraction of sp³-hybridized carbons (Fsp3) is 0.322. The molecule has 0 aliphatic carbocycles. The topological polar surface area (TPSA) is 102 Å². The summed E-state index contributed by atoms with van der Waals surface area (Å²) in [6.07, 6.45) is -7.76. The number of hydrogen-bond acceptors (Lipinski definition) is 11. The lowest BCUT2D eigenvalue weighted by Crippen LogP contribution is -2.65. The van der Waals surface area contributed by atoms with Crippen LogP contribution in [-0.2, 0) is 85.1 Å². The fourth-order valence-corrected chi connectivity index (χ4v) is 9.37. The molecule has 11 heteroatoms. The highest BCUT2D eigenvalue weighted by atomic mass is 16.8. The van der Waals surface area contributed by atoms with Crippen molar-refractivity contribution in [2.45, 2.75) is 101 Å². The van der Waals surface area contributed by atoms with Gasteiger partial charge in [0.05, 0.1) is 46.2 Å². The standard InChI is InChI=1S/C59H60O11/c1-60-58-55(64-37-44-25-13-5-14-26-44)53(62-35-42-21-9-3-10-22-42)51(61-34-41-19-7-2-8-20-41)49(68-58)39-67-59-56(65-38-45-31-32-46-27-17-18-30-48(46)33-45)54(63-36-43-23-11-4-12-24-43)52-50(69-59)40-66-57(70-52)47-28-15-6-16-29-47/h2-33,49-59H,34-40H2,1H3/t49-,50-,51-,52-,53+,54+,55-,56-,57-,58+,59+/m1/s1. The fourth-order valence-electron chi connectivity index (χ4n) is 9.37. The monoisotopic (exact) mass is 944 g/mol. The first-order valence-corrected chi connectivity index (χ1v) is 24.1. The Labute approximate surface area is 410 Å². The van der Waals surface area contributed by atoms with Gasteiger partial charge in [0.1, 0.15) is 48.8 Å². The Kier molecular flexibility index (Phi) is 16.4. The summed E-state index contributed by atoms with van der Waals surface area (Å²) >= 11 is 0. The van der Waals surface area contributed by atoms with Gasteiger partial charge in [-0.05, 0) is 44.7 Å². The van der Waals surface area contributed by atoms with Crippen LogP contribution in [0.15, 0.2) is 194 Å². The molecule has 0 saturated carbocycles. The zero-order valence-electron chi connectivity index (χ0n) is 39.3. The maximum absolute atomic E-state index is 7.00. The molecule has 0 aromatic heterocycles. The van der Waals surface area contributed by atoms with E-state index in [0.29, 0.717) is 19.8 Å². The first-order chi connectivity index (χ1) is 34.6. The van der Waals surface area contributed by atoms with Crippen LogP contribution in [0.2, 0.25) is 0 Å². The van der Waals surface area contributed by atoms with Crippen LogP contribution in [0.3, 0.4) is 0 Å². The normalized spacial score (nSPS) is 26.7. The predicted molar refractivity (Wildman–Crippen MR) is 263 cm³/mol. The van der Waals surface area contributed by atoms with Crippen LogP contribution in [0.1, 0.15) is 39.7 Å². The second-order valence-electron chi connectivity index (χ2n) is 17.8. The van der Waals surface area contributed by atoms with Crippen molar-refractivity contribution >= 4 is 10.8 Å². The molecule has 0 N–H and O–H groups in total. The first-order valence-electron chi connectivity index (χ1n) is 24.1. The molecule has 11 atom stereocenters. The Morgan fingerprint density at radius 1 is 0.400 bits per heavy atom. The molecule has 3 aliphatic heterocycles. The van der Waals surface area contributed by atoms with Gasteiger partial charge in [-0.15, -0.1) is 0 Å². The molecule has 11 nitrogen and oxygen atoms in total. The number of methoxy groups -OCH3 is 1. The number of benzene rings is 7. The molecular weight excluding hydrogens is 885 g/mol. The van der Waals surface area contributed by atoms with Crippen molar-refractivity contribution in [2.75, 3.05) is 20.3 Å².